The number of carboxylic acids is 1. The van der Waals surface area contributed by atoms with Crippen molar-refractivity contribution in [1.29, 1.82) is 0 Å². The van der Waals surface area contributed by atoms with Gasteiger partial charge in [0.25, 0.3) is 0 Å². The molecule has 3 rings (SSSR count). The van der Waals surface area contributed by atoms with E-state index in [2.05, 4.69) is 41.1 Å². The maximum atomic E-state index is 12.0. The number of hydrogen-bond acceptors (Lipinski definition) is 2. The summed E-state index contributed by atoms with van der Waals surface area (Å²) in [4.78, 5) is 12.0. The molecule has 1 aromatic heterocycles. The van der Waals surface area contributed by atoms with Gasteiger partial charge in [0.1, 0.15) is 0 Å². The Kier molecular flexibility index (Phi) is 7.35. The van der Waals surface area contributed by atoms with Crippen LogP contribution in [0.1, 0.15) is 51.8 Å². The molecule has 1 atom stereocenters. The smallest absolute Gasteiger partial charge is 0.337 e. The van der Waals surface area contributed by atoms with Gasteiger partial charge in [-0.05, 0) is 56.9 Å². The monoisotopic (exact) mass is 424 g/mol. The van der Waals surface area contributed by atoms with Crippen molar-refractivity contribution in [3.8, 4) is 0 Å². The van der Waals surface area contributed by atoms with Crippen molar-refractivity contribution in [3.63, 3.8) is 0 Å². The molecule has 30 heavy (non-hydrogen) atoms. The van der Waals surface area contributed by atoms with E-state index < -0.39 is 5.97 Å². The molecular formula is C25H29ClN2O2. The topological polar surface area (TPSA) is 54.3 Å². The minimum atomic E-state index is -0.880. The van der Waals surface area contributed by atoms with Crippen molar-refractivity contribution in [3.05, 3.63) is 93.3 Å². The molecule has 3 aromatic rings. The van der Waals surface area contributed by atoms with Crippen molar-refractivity contribution in [1.82, 2.24) is 9.88 Å². The number of nitrogens with zero attached hydrogens (tertiary/aromatic N) is 1. The Bertz CT molecular complexity index is 1010. The summed E-state index contributed by atoms with van der Waals surface area (Å²) in [7, 11) is 0. The molecule has 4 nitrogen and oxygen atoms in total. The highest BCUT2D eigenvalue weighted by Gasteiger charge is 2.23. The second-order valence-electron chi connectivity index (χ2n) is 7.85. The van der Waals surface area contributed by atoms with E-state index in [1.165, 1.54) is 5.56 Å². The van der Waals surface area contributed by atoms with Crippen LogP contribution in [0.15, 0.2) is 54.6 Å². The Hall–Kier alpha value is -2.56. The first-order chi connectivity index (χ1) is 14.4. The average Bonchev–Trinajstić information content (AvgIpc) is 2.96. The molecule has 0 aliphatic heterocycles. The van der Waals surface area contributed by atoms with Crippen LogP contribution in [-0.2, 0) is 19.5 Å². The van der Waals surface area contributed by atoms with Gasteiger partial charge in [0.05, 0.1) is 5.56 Å². The van der Waals surface area contributed by atoms with E-state index in [0.29, 0.717) is 23.7 Å². The highest BCUT2D eigenvalue weighted by Crippen LogP contribution is 2.25. The number of aromatic nitrogens is 1. The molecule has 0 spiro atoms. The number of nitrogens with one attached hydrogen (secondary N) is 1. The third kappa shape index (κ3) is 5.32. The summed E-state index contributed by atoms with van der Waals surface area (Å²) in [5.41, 5.74) is 5.38. The van der Waals surface area contributed by atoms with Gasteiger partial charge in [-0.15, -0.1) is 0 Å². The Morgan fingerprint density at radius 1 is 1.07 bits per heavy atom. The highest BCUT2D eigenvalue weighted by molar-refractivity contribution is 6.30. The van der Waals surface area contributed by atoms with E-state index in [9.17, 15) is 9.90 Å². The van der Waals surface area contributed by atoms with Gasteiger partial charge in [-0.25, -0.2) is 4.79 Å². The first-order valence-corrected chi connectivity index (χ1v) is 10.7. The van der Waals surface area contributed by atoms with Crippen molar-refractivity contribution in [2.24, 2.45) is 0 Å². The molecule has 0 fully saturated rings. The summed E-state index contributed by atoms with van der Waals surface area (Å²) in [6.45, 7) is 7.16. The maximum absolute atomic E-state index is 12.0. The number of rotatable bonds is 9. The zero-order chi connectivity index (χ0) is 21.7. The van der Waals surface area contributed by atoms with Gasteiger partial charge < -0.3 is 15.0 Å². The lowest BCUT2D eigenvalue weighted by Crippen LogP contribution is -2.27. The highest BCUT2D eigenvalue weighted by atomic mass is 35.5. The Balaban J connectivity index is 1.74. The number of carbonyl (C=O) groups is 1. The molecular weight excluding hydrogens is 396 g/mol. The van der Waals surface area contributed by atoms with E-state index in [-0.39, 0.29) is 6.04 Å². The van der Waals surface area contributed by atoms with Crippen LogP contribution >= 0.6 is 11.6 Å². The van der Waals surface area contributed by atoms with Crippen LogP contribution in [0.5, 0.6) is 0 Å². The molecule has 0 aliphatic carbocycles. The predicted molar refractivity (Wildman–Crippen MR) is 122 cm³/mol. The van der Waals surface area contributed by atoms with E-state index in [4.69, 9.17) is 11.6 Å². The van der Waals surface area contributed by atoms with E-state index in [1.54, 1.807) is 0 Å². The molecule has 158 valence electrons. The van der Waals surface area contributed by atoms with Gasteiger partial charge >= 0.3 is 5.97 Å². The number of carboxylic acid groups (broad SMARTS) is 1. The minimum Gasteiger partial charge on any atom is -0.478 e. The van der Waals surface area contributed by atoms with Crippen molar-refractivity contribution < 1.29 is 9.90 Å². The fourth-order valence-corrected chi connectivity index (χ4v) is 4.12. The molecule has 0 unspecified atom stereocenters. The van der Waals surface area contributed by atoms with Crippen molar-refractivity contribution >= 4 is 17.6 Å². The van der Waals surface area contributed by atoms with Crippen LogP contribution in [0, 0.1) is 13.8 Å². The van der Waals surface area contributed by atoms with Crippen molar-refractivity contribution in [2.75, 3.05) is 0 Å². The summed E-state index contributed by atoms with van der Waals surface area (Å²) in [5, 5.41) is 14.1. The average molecular weight is 425 g/mol. The Morgan fingerprint density at radius 3 is 2.43 bits per heavy atom. The number of hydrogen-bond donors (Lipinski definition) is 2. The summed E-state index contributed by atoms with van der Waals surface area (Å²) in [6, 6.07) is 18.4. The molecule has 0 amide bonds. The number of aromatic carboxylic acids is 1. The standard InChI is InChI=1S/C25H29ClN2O2/c1-17(12-13-20-8-5-4-6-9-20)27-15-23-18(2)28(19(3)24(23)25(29)30)16-21-10-7-11-22(26)14-21/h4-11,14,17,27H,12-13,15-16H2,1-3H3,(H,29,30)/t17-/m0/s1. The fraction of sp³-hybridized carbons (Fsp3) is 0.320. The first-order valence-electron chi connectivity index (χ1n) is 10.3. The molecule has 2 N–H and O–H groups in total. The Labute approximate surface area is 183 Å². The number of aryl methyl sites for hydroxylation is 1. The lowest BCUT2D eigenvalue weighted by molar-refractivity contribution is 0.0694. The van der Waals surface area contributed by atoms with Crippen LogP contribution in [0.4, 0.5) is 0 Å². The van der Waals surface area contributed by atoms with Crippen LogP contribution in [-0.4, -0.2) is 21.7 Å². The number of halogens is 1. The third-order valence-electron chi connectivity index (χ3n) is 5.69. The number of benzene rings is 2. The first kappa shape index (κ1) is 22.1. The summed E-state index contributed by atoms with van der Waals surface area (Å²) in [5.74, 6) is -0.880. The summed E-state index contributed by atoms with van der Waals surface area (Å²) >= 11 is 6.12. The molecule has 0 saturated heterocycles. The van der Waals surface area contributed by atoms with Crippen LogP contribution in [0.25, 0.3) is 0 Å². The van der Waals surface area contributed by atoms with Crippen molar-refractivity contribution in [2.45, 2.75) is 52.7 Å². The van der Waals surface area contributed by atoms with Gasteiger partial charge in [0.2, 0.25) is 0 Å². The van der Waals surface area contributed by atoms with Gasteiger partial charge in [0.15, 0.2) is 0 Å². The second kappa shape index (κ2) is 9.96. The summed E-state index contributed by atoms with van der Waals surface area (Å²) in [6.07, 6.45) is 1.99. The zero-order valence-electron chi connectivity index (χ0n) is 17.8. The van der Waals surface area contributed by atoms with E-state index >= 15 is 0 Å². The molecule has 0 radical (unpaired) electrons. The molecule has 0 aliphatic rings. The maximum Gasteiger partial charge on any atom is 0.337 e. The zero-order valence-corrected chi connectivity index (χ0v) is 18.5. The Morgan fingerprint density at radius 2 is 1.77 bits per heavy atom. The molecule has 0 bridgehead atoms. The molecule has 5 heteroatoms. The summed E-state index contributed by atoms with van der Waals surface area (Å²) < 4.78 is 2.07. The van der Waals surface area contributed by atoms with Gasteiger partial charge in [0, 0.05) is 41.1 Å². The van der Waals surface area contributed by atoms with Crippen LogP contribution < -0.4 is 5.32 Å². The van der Waals surface area contributed by atoms with E-state index in [1.807, 2.05) is 44.2 Å². The normalized spacial score (nSPS) is 12.1. The fourth-order valence-electron chi connectivity index (χ4n) is 3.91. The van der Waals surface area contributed by atoms with Crippen LogP contribution in [0.3, 0.4) is 0 Å². The second-order valence-corrected chi connectivity index (χ2v) is 8.29. The van der Waals surface area contributed by atoms with Gasteiger partial charge in [-0.1, -0.05) is 54.1 Å². The van der Waals surface area contributed by atoms with Crippen LogP contribution in [0.2, 0.25) is 5.02 Å². The molecule has 2 aromatic carbocycles. The lowest BCUT2D eigenvalue weighted by atomic mass is 10.1. The molecule has 0 saturated carbocycles. The minimum absolute atomic E-state index is 0.280. The van der Waals surface area contributed by atoms with E-state index in [0.717, 1.165) is 35.4 Å². The van der Waals surface area contributed by atoms with Gasteiger partial charge in [-0.3, -0.25) is 0 Å². The molecule has 1 heterocycles. The SMILES string of the molecule is Cc1c(CN[C@@H](C)CCc2ccccc2)c(C(=O)O)c(C)n1Cc1cccc(Cl)c1. The quantitative estimate of drug-likeness (QED) is 0.469. The van der Waals surface area contributed by atoms with Gasteiger partial charge in [-0.2, -0.15) is 0 Å². The predicted octanol–water partition coefficient (Wildman–Crippen LogP) is 5.62. The third-order valence-corrected chi connectivity index (χ3v) is 5.92. The lowest BCUT2D eigenvalue weighted by Gasteiger charge is -2.15. The largest absolute Gasteiger partial charge is 0.478 e.